The summed E-state index contributed by atoms with van der Waals surface area (Å²) >= 11 is 0. The largest absolute Gasteiger partial charge is 0.390 e. The van der Waals surface area contributed by atoms with Crippen molar-refractivity contribution in [3.8, 4) is 0 Å². The smallest absolute Gasteiger partial charge is 0.0690 e. The summed E-state index contributed by atoms with van der Waals surface area (Å²) in [6.45, 7) is 2.13. The van der Waals surface area contributed by atoms with Crippen LogP contribution in [0.3, 0.4) is 0 Å². The van der Waals surface area contributed by atoms with Crippen molar-refractivity contribution in [3.05, 3.63) is 35.4 Å². The van der Waals surface area contributed by atoms with Gasteiger partial charge in [-0.05, 0) is 56.4 Å². The van der Waals surface area contributed by atoms with Crippen LogP contribution in [0.15, 0.2) is 24.3 Å². The zero-order valence-corrected chi connectivity index (χ0v) is 11.4. The quantitative estimate of drug-likeness (QED) is 0.855. The normalized spacial score (nSPS) is 32.4. The van der Waals surface area contributed by atoms with Crippen LogP contribution in [-0.4, -0.2) is 10.7 Å². The van der Waals surface area contributed by atoms with E-state index in [9.17, 15) is 5.11 Å². The van der Waals surface area contributed by atoms with Crippen molar-refractivity contribution in [2.45, 2.75) is 57.5 Å². The van der Waals surface area contributed by atoms with Crippen LogP contribution >= 0.6 is 0 Å². The summed E-state index contributed by atoms with van der Waals surface area (Å²) < 4.78 is 0. The highest BCUT2D eigenvalue weighted by Crippen LogP contribution is 2.47. The molecule has 0 amide bonds. The predicted molar refractivity (Wildman–Crippen MR) is 74.5 cm³/mol. The Bertz CT molecular complexity index is 421. The lowest BCUT2D eigenvalue weighted by molar-refractivity contribution is -0.0195. The van der Waals surface area contributed by atoms with Crippen LogP contribution in [0.25, 0.3) is 0 Å². The molecule has 0 radical (unpaired) electrons. The molecule has 1 N–H and O–H groups in total. The molecule has 2 unspecified atom stereocenters. The Morgan fingerprint density at radius 2 is 2.06 bits per heavy atom. The molecule has 1 nitrogen and oxygen atoms in total. The maximum Gasteiger partial charge on any atom is 0.0690 e. The minimum atomic E-state index is -0.431. The molecule has 0 aromatic heterocycles. The van der Waals surface area contributed by atoms with E-state index in [1.54, 1.807) is 0 Å². The SMILES string of the molecule is Cc1cccc(CC2(O)CCCC(C3CC3)C2)c1. The van der Waals surface area contributed by atoms with Gasteiger partial charge in [0.25, 0.3) is 0 Å². The maximum atomic E-state index is 10.9. The van der Waals surface area contributed by atoms with Gasteiger partial charge >= 0.3 is 0 Å². The first kappa shape index (κ1) is 12.2. The summed E-state index contributed by atoms with van der Waals surface area (Å²) in [5.74, 6) is 1.74. The fourth-order valence-electron chi connectivity index (χ4n) is 3.72. The Balaban J connectivity index is 1.69. The molecule has 0 aliphatic heterocycles. The molecule has 1 aromatic rings. The number of aliphatic hydroxyl groups is 1. The standard InChI is InChI=1S/C17H24O/c1-13-4-2-5-14(10-13)11-17(18)9-3-6-16(12-17)15-7-8-15/h2,4-5,10,15-16,18H,3,6-9,11-12H2,1H3. The Labute approximate surface area is 110 Å². The average molecular weight is 244 g/mol. The molecule has 1 aromatic carbocycles. The summed E-state index contributed by atoms with van der Waals surface area (Å²) in [6, 6.07) is 8.61. The Morgan fingerprint density at radius 1 is 1.22 bits per heavy atom. The summed E-state index contributed by atoms with van der Waals surface area (Å²) in [6.07, 6.45) is 8.24. The number of hydrogen-bond donors (Lipinski definition) is 1. The lowest BCUT2D eigenvalue weighted by Crippen LogP contribution is -2.38. The molecule has 0 bridgehead atoms. The molecule has 3 rings (SSSR count). The Morgan fingerprint density at radius 3 is 2.78 bits per heavy atom. The first-order valence-corrected chi connectivity index (χ1v) is 7.43. The van der Waals surface area contributed by atoms with Crippen LogP contribution in [0.5, 0.6) is 0 Å². The lowest BCUT2D eigenvalue weighted by atomic mass is 9.73. The third-order valence-corrected chi connectivity index (χ3v) is 4.76. The molecule has 1 heteroatoms. The van der Waals surface area contributed by atoms with E-state index in [-0.39, 0.29) is 0 Å². The van der Waals surface area contributed by atoms with Gasteiger partial charge in [-0.3, -0.25) is 0 Å². The topological polar surface area (TPSA) is 20.2 Å². The summed E-state index contributed by atoms with van der Waals surface area (Å²) in [5.41, 5.74) is 2.17. The maximum absolute atomic E-state index is 10.9. The van der Waals surface area contributed by atoms with Crippen molar-refractivity contribution in [2.75, 3.05) is 0 Å². The van der Waals surface area contributed by atoms with Gasteiger partial charge in [0.05, 0.1) is 5.60 Å². The Hall–Kier alpha value is -0.820. The molecule has 2 aliphatic rings. The number of hydrogen-bond acceptors (Lipinski definition) is 1. The van der Waals surface area contributed by atoms with Crippen molar-refractivity contribution >= 4 is 0 Å². The van der Waals surface area contributed by atoms with Crippen LogP contribution < -0.4 is 0 Å². The molecule has 0 spiro atoms. The fraction of sp³-hybridized carbons (Fsp3) is 0.647. The van der Waals surface area contributed by atoms with Crippen LogP contribution in [0.4, 0.5) is 0 Å². The molecule has 2 aliphatic carbocycles. The minimum Gasteiger partial charge on any atom is -0.390 e. The van der Waals surface area contributed by atoms with E-state index in [4.69, 9.17) is 0 Å². The highest BCUT2D eigenvalue weighted by Gasteiger charge is 2.40. The monoisotopic (exact) mass is 244 g/mol. The third kappa shape index (κ3) is 2.77. The van der Waals surface area contributed by atoms with E-state index in [2.05, 4.69) is 31.2 Å². The average Bonchev–Trinajstić information content (AvgIpc) is 3.12. The number of aryl methyl sites for hydroxylation is 1. The second kappa shape index (κ2) is 4.70. The molecular formula is C17H24O. The van der Waals surface area contributed by atoms with Gasteiger partial charge in [-0.1, -0.05) is 36.2 Å². The van der Waals surface area contributed by atoms with Gasteiger partial charge in [-0.15, -0.1) is 0 Å². The van der Waals surface area contributed by atoms with Gasteiger partial charge < -0.3 is 5.11 Å². The van der Waals surface area contributed by atoms with Crippen molar-refractivity contribution in [1.82, 2.24) is 0 Å². The van der Waals surface area contributed by atoms with Crippen molar-refractivity contribution in [2.24, 2.45) is 11.8 Å². The van der Waals surface area contributed by atoms with Crippen LogP contribution in [0, 0.1) is 18.8 Å². The van der Waals surface area contributed by atoms with Gasteiger partial charge in [0.2, 0.25) is 0 Å². The van der Waals surface area contributed by atoms with Gasteiger partial charge in [0, 0.05) is 6.42 Å². The second-order valence-electron chi connectivity index (χ2n) is 6.58. The first-order valence-electron chi connectivity index (χ1n) is 7.43. The fourth-order valence-corrected chi connectivity index (χ4v) is 3.72. The highest BCUT2D eigenvalue weighted by molar-refractivity contribution is 5.24. The highest BCUT2D eigenvalue weighted by atomic mass is 16.3. The summed E-state index contributed by atoms with van der Waals surface area (Å²) in [7, 11) is 0. The molecule has 0 heterocycles. The zero-order chi connectivity index (χ0) is 12.6. The Kier molecular flexibility index (Phi) is 3.19. The van der Waals surface area contributed by atoms with Crippen molar-refractivity contribution in [1.29, 1.82) is 0 Å². The molecule has 98 valence electrons. The molecule has 2 atom stereocenters. The molecule has 18 heavy (non-hydrogen) atoms. The van der Waals surface area contributed by atoms with E-state index in [1.165, 1.54) is 36.8 Å². The van der Waals surface area contributed by atoms with Crippen LogP contribution in [-0.2, 0) is 6.42 Å². The van der Waals surface area contributed by atoms with Crippen molar-refractivity contribution < 1.29 is 5.11 Å². The molecule has 0 saturated heterocycles. The van der Waals surface area contributed by atoms with Gasteiger partial charge in [-0.25, -0.2) is 0 Å². The van der Waals surface area contributed by atoms with Gasteiger partial charge in [0.1, 0.15) is 0 Å². The van der Waals surface area contributed by atoms with Crippen molar-refractivity contribution in [3.63, 3.8) is 0 Å². The van der Waals surface area contributed by atoms with E-state index in [1.807, 2.05) is 0 Å². The number of rotatable bonds is 3. The van der Waals surface area contributed by atoms with Crippen LogP contribution in [0.1, 0.15) is 49.7 Å². The molecular weight excluding hydrogens is 220 g/mol. The number of benzene rings is 1. The van der Waals surface area contributed by atoms with E-state index in [0.29, 0.717) is 0 Å². The second-order valence-corrected chi connectivity index (χ2v) is 6.58. The zero-order valence-electron chi connectivity index (χ0n) is 11.4. The minimum absolute atomic E-state index is 0.431. The first-order chi connectivity index (χ1) is 8.65. The van der Waals surface area contributed by atoms with Crippen LogP contribution in [0.2, 0.25) is 0 Å². The molecule has 2 saturated carbocycles. The molecule has 2 fully saturated rings. The van der Waals surface area contributed by atoms with Gasteiger partial charge in [-0.2, -0.15) is 0 Å². The summed E-state index contributed by atoms with van der Waals surface area (Å²) in [5, 5.41) is 10.9. The predicted octanol–water partition coefficient (Wildman–Crippen LogP) is 3.87. The third-order valence-electron chi connectivity index (χ3n) is 4.76. The van der Waals surface area contributed by atoms with E-state index in [0.717, 1.165) is 31.1 Å². The van der Waals surface area contributed by atoms with E-state index < -0.39 is 5.60 Å². The lowest BCUT2D eigenvalue weighted by Gasteiger charge is -2.37. The summed E-state index contributed by atoms with van der Waals surface area (Å²) in [4.78, 5) is 0. The van der Waals surface area contributed by atoms with Gasteiger partial charge in [0.15, 0.2) is 0 Å². The van der Waals surface area contributed by atoms with E-state index >= 15 is 0 Å².